The number of imidazole rings is 1. The van der Waals surface area contributed by atoms with Gasteiger partial charge in [-0.2, -0.15) is 0 Å². The molecule has 0 unspecified atom stereocenters. The number of alkyl halides is 2. The summed E-state index contributed by atoms with van der Waals surface area (Å²) in [4.78, 5) is 28.7. The SMILES string of the molecule is [2H]C([2H])([2H])n1cnc2c1c(=O)n(CCCC([2H])([2H])C(C)(F)F)c(=O)n2C. The molecule has 2 rings (SSSR count). The molecule has 0 aliphatic rings. The maximum Gasteiger partial charge on any atom is 0.332 e. The Kier molecular flexibility index (Phi) is 2.54. The molecule has 116 valence electrons. The minimum atomic E-state index is -3.58. The van der Waals surface area contributed by atoms with Gasteiger partial charge in [0.2, 0.25) is 5.92 Å². The van der Waals surface area contributed by atoms with E-state index in [4.69, 9.17) is 6.85 Å². The molecule has 2 heterocycles. The first-order chi connectivity index (χ1) is 11.7. The van der Waals surface area contributed by atoms with Gasteiger partial charge in [-0.05, 0) is 19.8 Å². The van der Waals surface area contributed by atoms with E-state index in [9.17, 15) is 18.4 Å². The molecule has 0 saturated heterocycles. The summed E-state index contributed by atoms with van der Waals surface area (Å²) in [6, 6.07) is 0. The monoisotopic (exact) mass is 305 g/mol. The van der Waals surface area contributed by atoms with Gasteiger partial charge in [0.15, 0.2) is 11.2 Å². The number of hydrogen-bond acceptors (Lipinski definition) is 3. The van der Waals surface area contributed by atoms with Gasteiger partial charge < -0.3 is 4.57 Å². The number of hydrogen-bond donors (Lipinski definition) is 0. The zero-order chi connectivity index (χ0) is 20.1. The molecule has 2 aromatic heterocycles. The predicted molar refractivity (Wildman–Crippen MR) is 74.7 cm³/mol. The van der Waals surface area contributed by atoms with Gasteiger partial charge in [-0.1, -0.05) is 0 Å². The fourth-order valence-corrected chi connectivity index (χ4v) is 2.01. The molecule has 0 fully saturated rings. The summed E-state index contributed by atoms with van der Waals surface area (Å²) < 4.78 is 65.9. The van der Waals surface area contributed by atoms with Gasteiger partial charge in [0.1, 0.15) is 0 Å². The van der Waals surface area contributed by atoms with Gasteiger partial charge in [0, 0.05) is 33.8 Å². The molecule has 0 N–H and O–H groups in total. The van der Waals surface area contributed by atoms with Crippen LogP contribution in [0, 0.1) is 0 Å². The highest BCUT2D eigenvalue weighted by Gasteiger charge is 2.20. The lowest BCUT2D eigenvalue weighted by molar-refractivity contribution is 0.0102. The zero-order valence-electron chi connectivity index (χ0n) is 16.6. The standard InChI is InChI=1S/C13H18F2N4O2/c1-13(14,15)6-4-5-7-19-11(20)9-10(16-8-17(9)2)18(3)12(19)21/h8H,4-7H2,1-3H3/i2D3,6D2. The Bertz CT molecular complexity index is 939. The van der Waals surface area contributed by atoms with Crippen LogP contribution >= 0.6 is 0 Å². The fourth-order valence-electron chi connectivity index (χ4n) is 2.01. The minimum absolute atomic E-state index is 0.109. The van der Waals surface area contributed by atoms with Crippen molar-refractivity contribution in [1.82, 2.24) is 18.7 Å². The van der Waals surface area contributed by atoms with Crippen molar-refractivity contribution in [3.05, 3.63) is 27.2 Å². The largest absolute Gasteiger partial charge is 0.332 e. The lowest BCUT2D eigenvalue weighted by Crippen LogP contribution is -2.39. The molecular weight excluding hydrogens is 282 g/mol. The molecule has 0 aromatic carbocycles. The summed E-state index contributed by atoms with van der Waals surface area (Å²) in [5, 5.41) is 0. The van der Waals surface area contributed by atoms with E-state index in [2.05, 4.69) is 4.98 Å². The third-order valence-corrected chi connectivity index (χ3v) is 3.03. The average molecular weight is 305 g/mol. The van der Waals surface area contributed by atoms with Gasteiger partial charge in [-0.15, -0.1) is 0 Å². The number of nitrogens with zero attached hydrogens (tertiary/aromatic N) is 4. The van der Waals surface area contributed by atoms with Gasteiger partial charge in [0.05, 0.1) is 6.33 Å². The third-order valence-electron chi connectivity index (χ3n) is 3.03. The lowest BCUT2D eigenvalue weighted by Gasteiger charge is -2.11. The maximum atomic E-state index is 13.2. The summed E-state index contributed by atoms with van der Waals surface area (Å²) in [6.07, 6.45) is -2.66. The molecule has 0 radical (unpaired) electrons. The molecule has 0 amide bonds. The molecule has 6 nitrogen and oxygen atoms in total. The van der Waals surface area contributed by atoms with E-state index in [1.54, 1.807) is 0 Å². The molecule has 0 bridgehead atoms. The minimum Gasteiger partial charge on any atom is -0.328 e. The van der Waals surface area contributed by atoms with Crippen molar-refractivity contribution in [2.45, 2.75) is 38.6 Å². The fraction of sp³-hybridized carbons (Fsp3) is 0.615. The molecule has 0 saturated carbocycles. The highest BCUT2D eigenvalue weighted by molar-refractivity contribution is 5.69. The summed E-state index contributed by atoms with van der Waals surface area (Å²) in [5.41, 5.74) is -2.12. The Morgan fingerprint density at radius 2 is 2.14 bits per heavy atom. The van der Waals surface area contributed by atoms with Gasteiger partial charge in [-0.3, -0.25) is 13.9 Å². The molecule has 21 heavy (non-hydrogen) atoms. The first-order valence-electron chi connectivity index (χ1n) is 8.73. The van der Waals surface area contributed by atoms with Crippen LogP contribution in [0.2, 0.25) is 0 Å². The van der Waals surface area contributed by atoms with Crippen LogP contribution in [0.15, 0.2) is 15.9 Å². The Morgan fingerprint density at radius 1 is 1.43 bits per heavy atom. The van der Waals surface area contributed by atoms with Crippen molar-refractivity contribution in [2.75, 3.05) is 0 Å². The highest BCUT2D eigenvalue weighted by atomic mass is 19.3. The molecule has 8 heteroatoms. The van der Waals surface area contributed by atoms with E-state index in [1.807, 2.05) is 0 Å². The summed E-state index contributed by atoms with van der Waals surface area (Å²) >= 11 is 0. The molecule has 0 aliphatic heterocycles. The van der Waals surface area contributed by atoms with Gasteiger partial charge in [0.25, 0.3) is 5.56 Å². The van der Waals surface area contributed by atoms with Crippen molar-refractivity contribution in [3.8, 4) is 0 Å². The van der Waals surface area contributed by atoms with Crippen LogP contribution in [0.3, 0.4) is 0 Å². The quantitative estimate of drug-likeness (QED) is 0.835. The first kappa shape index (κ1) is 9.86. The molecule has 0 aliphatic carbocycles. The number of aromatic nitrogens is 4. The number of aryl methyl sites for hydroxylation is 2. The number of fused-ring (bicyclic) bond motifs is 1. The normalized spacial score (nSPS) is 17.0. The topological polar surface area (TPSA) is 61.8 Å². The van der Waals surface area contributed by atoms with Crippen molar-refractivity contribution in [1.29, 1.82) is 0 Å². The second-order valence-corrected chi connectivity index (χ2v) is 4.75. The molecular formula is C13H18F2N4O2. The second kappa shape index (κ2) is 5.42. The van der Waals surface area contributed by atoms with Gasteiger partial charge >= 0.3 is 5.69 Å². The number of halogens is 2. The molecule has 0 spiro atoms. The Hall–Kier alpha value is -1.99. The van der Waals surface area contributed by atoms with Crippen LogP contribution < -0.4 is 11.2 Å². The van der Waals surface area contributed by atoms with Crippen molar-refractivity contribution < 1.29 is 15.6 Å². The van der Waals surface area contributed by atoms with E-state index >= 15 is 0 Å². The Balaban J connectivity index is 2.46. The zero-order valence-corrected chi connectivity index (χ0v) is 11.6. The Labute approximate surface area is 126 Å². The second-order valence-electron chi connectivity index (χ2n) is 4.75. The van der Waals surface area contributed by atoms with Crippen LogP contribution in [-0.4, -0.2) is 24.6 Å². The van der Waals surface area contributed by atoms with E-state index in [1.165, 1.54) is 7.05 Å². The first-order valence-corrected chi connectivity index (χ1v) is 6.23. The van der Waals surface area contributed by atoms with E-state index in [-0.39, 0.29) is 24.1 Å². The van der Waals surface area contributed by atoms with Crippen LogP contribution in [0.4, 0.5) is 8.78 Å². The summed E-state index contributed by atoms with van der Waals surface area (Å²) in [7, 11) is 1.30. The summed E-state index contributed by atoms with van der Waals surface area (Å²) in [5.74, 6) is -3.58. The molecule has 0 atom stereocenters. The smallest absolute Gasteiger partial charge is 0.328 e. The average Bonchev–Trinajstić information content (AvgIpc) is 2.92. The van der Waals surface area contributed by atoms with Crippen LogP contribution in [0.5, 0.6) is 0 Å². The van der Waals surface area contributed by atoms with Crippen molar-refractivity contribution in [3.63, 3.8) is 0 Å². The number of rotatable bonds is 5. The van der Waals surface area contributed by atoms with E-state index in [0.29, 0.717) is 16.1 Å². The molecule has 2 aromatic rings. The van der Waals surface area contributed by atoms with E-state index in [0.717, 1.165) is 10.9 Å². The lowest BCUT2D eigenvalue weighted by atomic mass is 10.1. The highest BCUT2D eigenvalue weighted by Crippen LogP contribution is 2.19. The maximum absolute atomic E-state index is 13.2. The van der Waals surface area contributed by atoms with Crippen molar-refractivity contribution in [2.24, 2.45) is 14.0 Å². The Morgan fingerprint density at radius 3 is 2.76 bits per heavy atom. The van der Waals surface area contributed by atoms with Crippen LogP contribution in [0.25, 0.3) is 11.2 Å². The summed E-state index contributed by atoms with van der Waals surface area (Å²) in [6.45, 7) is -2.56. The van der Waals surface area contributed by atoms with Crippen LogP contribution in [0.1, 0.15) is 33.0 Å². The predicted octanol–water partition coefficient (Wildman–Crippen LogP) is 1.26. The van der Waals surface area contributed by atoms with Crippen molar-refractivity contribution >= 4 is 11.2 Å². The van der Waals surface area contributed by atoms with E-state index < -0.39 is 36.9 Å². The third kappa shape index (κ3) is 3.03. The van der Waals surface area contributed by atoms with Crippen LogP contribution in [-0.2, 0) is 20.6 Å². The van der Waals surface area contributed by atoms with Gasteiger partial charge in [-0.25, -0.2) is 18.6 Å².